The first-order chi connectivity index (χ1) is 11.0. The Balaban J connectivity index is 1.71. The maximum Gasteiger partial charge on any atom is 0.226 e. The van der Waals surface area contributed by atoms with Crippen LogP contribution in [0.25, 0.3) is 0 Å². The molecule has 0 saturated heterocycles. The lowest BCUT2D eigenvalue weighted by Crippen LogP contribution is -2.15. The van der Waals surface area contributed by atoms with Crippen molar-refractivity contribution in [1.82, 2.24) is 4.98 Å². The quantitative estimate of drug-likeness (QED) is 0.717. The summed E-state index contributed by atoms with van der Waals surface area (Å²) in [6, 6.07) is 8.24. The van der Waals surface area contributed by atoms with Crippen molar-refractivity contribution in [2.75, 3.05) is 11.9 Å². The van der Waals surface area contributed by atoms with Gasteiger partial charge in [0.25, 0.3) is 0 Å². The number of benzene rings is 1. The highest BCUT2D eigenvalue weighted by Gasteiger charge is 2.17. The second-order valence-electron chi connectivity index (χ2n) is 6.10. The average Bonchev–Trinajstić information content (AvgIpc) is 3.05. The SMILES string of the molecule is CCC(C)(C)c1ccc(OCCCC(=O)Nc2nccs2)cc1. The van der Waals surface area contributed by atoms with E-state index in [0.717, 1.165) is 12.2 Å². The van der Waals surface area contributed by atoms with Crippen molar-refractivity contribution < 1.29 is 9.53 Å². The number of carbonyl (C=O) groups is 1. The number of rotatable bonds is 8. The number of aromatic nitrogens is 1. The highest BCUT2D eigenvalue weighted by atomic mass is 32.1. The summed E-state index contributed by atoms with van der Waals surface area (Å²) >= 11 is 1.42. The molecule has 0 aliphatic heterocycles. The lowest BCUT2D eigenvalue weighted by molar-refractivity contribution is -0.116. The number of anilines is 1. The van der Waals surface area contributed by atoms with Crippen molar-refractivity contribution in [3.63, 3.8) is 0 Å². The molecule has 0 bridgehead atoms. The molecule has 0 atom stereocenters. The third-order valence-corrected chi connectivity index (χ3v) is 4.70. The highest BCUT2D eigenvalue weighted by Crippen LogP contribution is 2.28. The van der Waals surface area contributed by atoms with E-state index in [2.05, 4.69) is 43.2 Å². The normalized spacial score (nSPS) is 11.3. The van der Waals surface area contributed by atoms with Gasteiger partial charge in [-0.3, -0.25) is 4.79 Å². The van der Waals surface area contributed by atoms with E-state index in [9.17, 15) is 4.79 Å². The molecule has 1 heterocycles. The topological polar surface area (TPSA) is 51.2 Å². The van der Waals surface area contributed by atoms with Gasteiger partial charge in [-0.1, -0.05) is 32.9 Å². The van der Waals surface area contributed by atoms with Crippen molar-refractivity contribution in [2.24, 2.45) is 0 Å². The van der Waals surface area contributed by atoms with Gasteiger partial charge in [0.2, 0.25) is 5.91 Å². The Morgan fingerprint density at radius 1 is 1.30 bits per heavy atom. The molecule has 5 heteroatoms. The number of nitrogens with one attached hydrogen (secondary N) is 1. The second-order valence-corrected chi connectivity index (χ2v) is 6.99. The van der Waals surface area contributed by atoms with E-state index in [1.165, 1.54) is 16.9 Å². The van der Waals surface area contributed by atoms with Gasteiger partial charge in [-0.05, 0) is 36.0 Å². The fraction of sp³-hybridized carbons (Fsp3) is 0.444. The van der Waals surface area contributed by atoms with E-state index >= 15 is 0 Å². The van der Waals surface area contributed by atoms with Crippen LogP contribution < -0.4 is 10.1 Å². The number of amides is 1. The van der Waals surface area contributed by atoms with E-state index < -0.39 is 0 Å². The molecule has 0 spiro atoms. The zero-order valence-corrected chi connectivity index (χ0v) is 14.8. The molecule has 0 fully saturated rings. The van der Waals surface area contributed by atoms with Gasteiger partial charge < -0.3 is 10.1 Å². The fourth-order valence-corrected chi connectivity index (χ4v) is 2.64. The van der Waals surface area contributed by atoms with Gasteiger partial charge in [0.1, 0.15) is 5.75 Å². The Kier molecular flexibility index (Phi) is 6.16. The number of thiazole rings is 1. The zero-order valence-electron chi connectivity index (χ0n) is 14.0. The number of hydrogen-bond acceptors (Lipinski definition) is 4. The van der Waals surface area contributed by atoms with Crippen LogP contribution in [0.2, 0.25) is 0 Å². The summed E-state index contributed by atoms with van der Waals surface area (Å²) < 4.78 is 5.70. The molecule has 1 amide bonds. The zero-order chi connectivity index (χ0) is 16.7. The van der Waals surface area contributed by atoms with Crippen LogP contribution in [0.15, 0.2) is 35.8 Å². The fourth-order valence-electron chi connectivity index (χ4n) is 2.10. The van der Waals surface area contributed by atoms with Crippen molar-refractivity contribution in [3.05, 3.63) is 41.4 Å². The van der Waals surface area contributed by atoms with Crippen LogP contribution in [0.4, 0.5) is 5.13 Å². The number of ether oxygens (including phenoxy) is 1. The Hall–Kier alpha value is -1.88. The molecule has 0 radical (unpaired) electrons. The number of nitrogens with zero attached hydrogens (tertiary/aromatic N) is 1. The van der Waals surface area contributed by atoms with Gasteiger partial charge in [0.05, 0.1) is 6.61 Å². The summed E-state index contributed by atoms with van der Waals surface area (Å²) in [6.07, 6.45) is 3.88. The van der Waals surface area contributed by atoms with Crippen LogP contribution in [0, 0.1) is 0 Å². The van der Waals surface area contributed by atoms with E-state index in [-0.39, 0.29) is 11.3 Å². The van der Waals surface area contributed by atoms with Gasteiger partial charge in [0.15, 0.2) is 5.13 Å². The molecule has 23 heavy (non-hydrogen) atoms. The molecular weight excluding hydrogens is 308 g/mol. The molecule has 1 aromatic carbocycles. The Morgan fingerprint density at radius 2 is 2.04 bits per heavy atom. The minimum absolute atomic E-state index is 0.0245. The van der Waals surface area contributed by atoms with Gasteiger partial charge >= 0.3 is 0 Å². The van der Waals surface area contributed by atoms with Crippen molar-refractivity contribution in [3.8, 4) is 5.75 Å². The van der Waals surface area contributed by atoms with E-state index in [4.69, 9.17) is 4.74 Å². The largest absolute Gasteiger partial charge is 0.494 e. The summed E-state index contributed by atoms with van der Waals surface area (Å²) in [7, 11) is 0. The average molecular weight is 332 g/mol. The summed E-state index contributed by atoms with van der Waals surface area (Å²) in [4.78, 5) is 15.7. The van der Waals surface area contributed by atoms with E-state index in [1.54, 1.807) is 6.20 Å². The first kappa shape index (κ1) is 17.5. The highest BCUT2D eigenvalue weighted by molar-refractivity contribution is 7.13. The molecule has 0 saturated carbocycles. The molecule has 1 N–H and O–H groups in total. The minimum atomic E-state index is -0.0245. The second kappa shape index (κ2) is 8.11. The monoisotopic (exact) mass is 332 g/mol. The van der Waals surface area contributed by atoms with Crippen LogP contribution in [-0.2, 0) is 10.2 Å². The third kappa shape index (κ3) is 5.36. The predicted molar refractivity (Wildman–Crippen MR) is 95.2 cm³/mol. The van der Waals surface area contributed by atoms with Crippen LogP contribution in [0.5, 0.6) is 5.75 Å². The molecule has 124 valence electrons. The predicted octanol–water partition coefficient (Wildman–Crippen LogP) is 4.63. The van der Waals surface area contributed by atoms with Crippen molar-refractivity contribution in [2.45, 2.75) is 45.4 Å². The first-order valence-electron chi connectivity index (χ1n) is 7.94. The lowest BCUT2D eigenvalue weighted by Gasteiger charge is -2.23. The maximum absolute atomic E-state index is 11.7. The molecular formula is C18H24N2O2S. The smallest absolute Gasteiger partial charge is 0.226 e. The number of carbonyl (C=O) groups excluding carboxylic acids is 1. The Labute approximate surface area is 141 Å². The summed E-state index contributed by atoms with van der Waals surface area (Å²) in [5.74, 6) is 0.824. The minimum Gasteiger partial charge on any atom is -0.494 e. The van der Waals surface area contributed by atoms with Crippen molar-refractivity contribution >= 4 is 22.4 Å². The standard InChI is InChI=1S/C18H24N2O2S/c1-4-18(2,3)14-7-9-15(10-8-14)22-12-5-6-16(21)20-17-19-11-13-23-17/h7-11,13H,4-6,12H2,1-3H3,(H,19,20,21). The first-order valence-corrected chi connectivity index (χ1v) is 8.82. The molecule has 1 aromatic heterocycles. The lowest BCUT2D eigenvalue weighted by atomic mass is 9.82. The van der Waals surface area contributed by atoms with Gasteiger partial charge in [-0.25, -0.2) is 4.98 Å². The molecule has 2 rings (SSSR count). The summed E-state index contributed by atoms with van der Waals surface area (Å²) in [6.45, 7) is 7.21. The summed E-state index contributed by atoms with van der Waals surface area (Å²) in [5.41, 5.74) is 1.50. The van der Waals surface area contributed by atoms with E-state index in [0.29, 0.717) is 24.6 Å². The third-order valence-electron chi connectivity index (χ3n) is 4.02. The number of hydrogen-bond donors (Lipinski definition) is 1. The molecule has 4 nitrogen and oxygen atoms in total. The van der Waals surface area contributed by atoms with Gasteiger partial charge in [0, 0.05) is 18.0 Å². The Bertz CT molecular complexity index is 606. The van der Waals surface area contributed by atoms with Crippen LogP contribution in [0.3, 0.4) is 0 Å². The van der Waals surface area contributed by atoms with E-state index in [1.807, 2.05) is 17.5 Å². The summed E-state index contributed by atoms with van der Waals surface area (Å²) in [5, 5.41) is 5.24. The molecule has 2 aromatic rings. The Morgan fingerprint density at radius 3 is 2.65 bits per heavy atom. The maximum atomic E-state index is 11.7. The molecule has 0 aliphatic rings. The molecule has 0 unspecified atom stereocenters. The van der Waals surface area contributed by atoms with Gasteiger partial charge in [-0.15, -0.1) is 11.3 Å². The van der Waals surface area contributed by atoms with Gasteiger partial charge in [-0.2, -0.15) is 0 Å². The van der Waals surface area contributed by atoms with Crippen LogP contribution >= 0.6 is 11.3 Å². The van der Waals surface area contributed by atoms with Crippen LogP contribution in [0.1, 0.15) is 45.6 Å². The molecule has 0 aliphatic carbocycles. The van der Waals surface area contributed by atoms with Crippen LogP contribution in [-0.4, -0.2) is 17.5 Å². The van der Waals surface area contributed by atoms with Crippen molar-refractivity contribution in [1.29, 1.82) is 0 Å².